The molecular formula is C16H22IN3O. The van der Waals surface area contributed by atoms with Crippen molar-refractivity contribution in [2.45, 2.75) is 46.1 Å². The topological polar surface area (TPSA) is 51.0 Å². The number of nitrogens with zero attached hydrogens (tertiary/aromatic N) is 2. The highest BCUT2D eigenvalue weighted by atomic mass is 127. The smallest absolute Gasteiger partial charge is 0.248 e. The minimum Gasteiger partial charge on any atom is -0.421 e. The van der Waals surface area contributed by atoms with Gasteiger partial charge in [0.2, 0.25) is 11.8 Å². The average Bonchev–Trinajstić information content (AvgIpc) is 2.85. The second kappa shape index (κ2) is 6.87. The van der Waals surface area contributed by atoms with Crippen LogP contribution in [0.3, 0.4) is 0 Å². The molecule has 0 fully saturated rings. The first kappa shape index (κ1) is 16.4. The van der Waals surface area contributed by atoms with E-state index in [4.69, 9.17) is 4.42 Å². The SMILES string of the molecule is Cc1cccc(-c2nnc(CCCNC(C)(C)C)o2)c1I. The second-order valence-corrected chi connectivity index (χ2v) is 7.30. The predicted molar refractivity (Wildman–Crippen MR) is 93.3 cm³/mol. The van der Waals surface area contributed by atoms with Crippen LogP contribution in [0, 0.1) is 10.5 Å². The minimum atomic E-state index is 0.150. The Morgan fingerprint density at radius 1 is 1.24 bits per heavy atom. The van der Waals surface area contributed by atoms with Crippen molar-refractivity contribution in [1.29, 1.82) is 0 Å². The van der Waals surface area contributed by atoms with Gasteiger partial charge in [-0.2, -0.15) is 0 Å². The lowest BCUT2D eigenvalue weighted by molar-refractivity contribution is 0.412. The van der Waals surface area contributed by atoms with Gasteiger partial charge in [-0.05, 0) is 74.9 Å². The monoisotopic (exact) mass is 399 g/mol. The van der Waals surface area contributed by atoms with Crippen molar-refractivity contribution in [2.24, 2.45) is 0 Å². The lowest BCUT2D eigenvalue weighted by Crippen LogP contribution is -2.36. The summed E-state index contributed by atoms with van der Waals surface area (Å²) < 4.78 is 6.95. The summed E-state index contributed by atoms with van der Waals surface area (Å²) in [5, 5.41) is 11.8. The Morgan fingerprint density at radius 3 is 2.71 bits per heavy atom. The van der Waals surface area contributed by atoms with Gasteiger partial charge in [0.05, 0.1) is 5.56 Å². The maximum absolute atomic E-state index is 5.78. The summed E-state index contributed by atoms with van der Waals surface area (Å²) in [6.45, 7) is 9.52. The summed E-state index contributed by atoms with van der Waals surface area (Å²) in [6.07, 6.45) is 1.79. The van der Waals surface area contributed by atoms with Crippen LogP contribution in [0.5, 0.6) is 0 Å². The zero-order chi connectivity index (χ0) is 15.5. The van der Waals surface area contributed by atoms with E-state index in [1.807, 2.05) is 12.1 Å². The Hall–Kier alpha value is -0.950. The van der Waals surface area contributed by atoms with Crippen molar-refractivity contribution in [3.05, 3.63) is 33.2 Å². The summed E-state index contributed by atoms with van der Waals surface area (Å²) in [7, 11) is 0. The van der Waals surface area contributed by atoms with Gasteiger partial charge in [-0.3, -0.25) is 0 Å². The van der Waals surface area contributed by atoms with Crippen LogP contribution in [-0.4, -0.2) is 22.3 Å². The molecule has 0 aliphatic carbocycles. The number of aromatic nitrogens is 2. The third-order valence-corrected chi connectivity index (χ3v) is 4.54. The van der Waals surface area contributed by atoms with Gasteiger partial charge in [0.1, 0.15) is 0 Å². The van der Waals surface area contributed by atoms with E-state index in [1.54, 1.807) is 0 Å². The molecule has 0 bridgehead atoms. The van der Waals surface area contributed by atoms with Gasteiger partial charge in [0, 0.05) is 15.5 Å². The van der Waals surface area contributed by atoms with Gasteiger partial charge in [0.25, 0.3) is 0 Å². The lowest BCUT2D eigenvalue weighted by Gasteiger charge is -2.19. The number of nitrogens with one attached hydrogen (secondary N) is 1. The standard InChI is InChI=1S/C16H22IN3O/c1-11-7-5-8-12(14(11)17)15-20-19-13(21-15)9-6-10-18-16(2,3)4/h5,7-8,18H,6,9-10H2,1-4H3. The Balaban J connectivity index is 1.97. The van der Waals surface area contributed by atoms with Gasteiger partial charge in [-0.15, -0.1) is 10.2 Å². The zero-order valence-electron chi connectivity index (χ0n) is 13.0. The van der Waals surface area contributed by atoms with Crippen molar-refractivity contribution in [2.75, 3.05) is 6.54 Å². The number of hydrogen-bond acceptors (Lipinski definition) is 4. The maximum atomic E-state index is 5.78. The average molecular weight is 399 g/mol. The number of benzene rings is 1. The molecule has 1 heterocycles. The molecule has 0 aliphatic rings. The van der Waals surface area contributed by atoms with Crippen molar-refractivity contribution in [3.8, 4) is 11.5 Å². The van der Waals surface area contributed by atoms with Crippen LogP contribution in [0.1, 0.15) is 38.6 Å². The van der Waals surface area contributed by atoms with Crippen LogP contribution in [-0.2, 0) is 6.42 Å². The van der Waals surface area contributed by atoms with Crippen LogP contribution in [0.4, 0.5) is 0 Å². The van der Waals surface area contributed by atoms with Gasteiger partial charge < -0.3 is 9.73 Å². The largest absolute Gasteiger partial charge is 0.421 e. The molecular weight excluding hydrogens is 377 g/mol. The van der Waals surface area contributed by atoms with E-state index in [0.717, 1.165) is 24.9 Å². The van der Waals surface area contributed by atoms with E-state index >= 15 is 0 Å². The van der Waals surface area contributed by atoms with E-state index < -0.39 is 0 Å². The Morgan fingerprint density at radius 2 is 2.00 bits per heavy atom. The molecule has 2 rings (SSSR count). The third-order valence-electron chi connectivity index (χ3n) is 3.11. The van der Waals surface area contributed by atoms with Crippen LogP contribution in [0.15, 0.2) is 22.6 Å². The predicted octanol–water partition coefficient (Wildman–Crippen LogP) is 3.97. The first-order chi connectivity index (χ1) is 9.87. The quantitative estimate of drug-likeness (QED) is 0.611. The molecule has 21 heavy (non-hydrogen) atoms. The zero-order valence-corrected chi connectivity index (χ0v) is 15.2. The molecule has 0 radical (unpaired) electrons. The highest BCUT2D eigenvalue weighted by molar-refractivity contribution is 14.1. The molecule has 0 spiro atoms. The molecule has 0 saturated carbocycles. The first-order valence-electron chi connectivity index (χ1n) is 7.20. The highest BCUT2D eigenvalue weighted by Gasteiger charge is 2.13. The van der Waals surface area contributed by atoms with Gasteiger partial charge in [0.15, 0.2) is 0 Å². The van der Waals surface area contributed by atoms with Gasteiger partial charge in [-0.1, -0.05) is 12.1 Å². The van der Waals surface area contributed by atoms with Crippen molar-refractivity contribution in [1.82, 2.24) is 15.5 Å². The molecule has 2 aromatic rings. The summed E-state index contributed by atoms with van der Waals surface area (Å²) in [6, 6.07) is 6.12. The lowest BCUT2D eigenvalue weighted by atomic mass is 10.1. The summed E-state index contributed by atoms with van der Waals surface area (Å²) >= 11 is 2.32. The number of halogens is 1. The van der Waals surface area contributed by atoms with E-state index in [-0.39, 0.29) is 5.54 Å². The fourth-order valence-corrected chi connectivity index (χ4v) is 2.57. The highest BCUT2D eigenvalue weighted by Crippen LogP contribution is 2.26. The normalized spacial score (nSPS) is 11.9. The van der Waals surface area contributed by atoms with Crippen LogP contribution in [0.2, 0.25) is 0 Å². The molecule has 0 saturated heterocycles. The fourth-order valence-electron chi connectivity index (χ4n) is 1.98. The van der Waals surface area contributed by atoms with Gasteiger partial charge >= 0.3 is 0 Å². The van der Waals surface area contributed by atoms with Crippen LogP contribution >= 0.6 is 22.6 Å². The number of hydrogen-bond donors (Lipinski definition) is 1. The van der Waals surface area contributed by atoms with E-state index in [9.17, 15) is 0 Å². The molecule has 0 atom stereocenters. The third kappa shape index (κ3) is 4.78. The minimum absolute atomic E-state index is 0.150. The van der Waals surface area contributed by atoms with E-state index in [2.05, 4.69) is 71.9 Å². The van der Waals surface area contributed by atoms with Crippen LogP contribution in [0.25, 0.3) is 11.5 Å². The van der Waals surface area contributed by atoms with Crippen molar-refractivity contribution >= 4 is 22.6 Å². The molecule has 114 valence electrons. The maximum Gasteiger partial charge on any atom is 0.248 e. The fraction of sp³-hybridized carbons (Fsp3) is 0.500. The number of aryl methyl sites for hydroxylation is 2. The molecule has 1 N–H and O–H groups in total. The van der Waals surface area contributed by atoms with E-state index in [0.29, 0.717) is 11.8 Å². The summed E-state index contributed by atoms with van der Waals surface area (Å²) in [5.41, 5.74) is 2.39. The molecule has 5 heteroatoms. The molecule has 1 aromatic heterocycles. The first-order valence-corrected chi connectivity index (χ1v) is 8.27. The molecule has 0 aliphatic heterocycles. The Labute approximate surface area is 139 Å². The Bertz CT molecular complexity index is 602. The molecule has 1 aromatic carbocycles. The molecule has 0 unspecified atom stereocenters. The van der Waals surface area contributed by atoms with Crippen LogP contribution < -0.4 is 5.32 Å². The van der Waals surface area contributed by atoms with E-state index in [1.165, 1.54) is 9.13 Å². The van der Waals surface area contributed by atoms with Crippen molar-refractivity contribution in [3.63, 3.8) is 0 Å². The summed E-state index contributed by atoms with van der Waals surface area (Å²) in [5.74, 6) is 1.32. The summed E-state index contributed by atoms with van der Waals surface area (Å²) in [4.78, 5) is 0. The van der Waals surface area contributed by atoms with Crippen molar-refractivity contribution < 1.29 is 4.42 Å². The molecule has 4 nitrogen and oxygen atoms in total. The number of rotatable bonds is 5. The van der Waals surface area contributed by atoms with Gasteiger partial charge in [-0.25, -0.2) is 0 Å². The Kier molecular flexibility index (Phi) is 5.37. The second-order valence-electron chi connectivity index (χ2n) is 6.22. The molecule has 0 amide bonds.